The van der Waals surface area contributed by atoms with Crippen molar-refractivity contribution in [1.82, 2.24) is 0 Å². The van der Waals surface area contributed by atoms with Crippen molar-refractivity contribution >= 4 is 99.9 Å². The lowest BCUT2D eigenvalue weighted by molar-refractivity contribution is 0.667. The highest BCUT2D eigenvalue weighted by molar-refractivity contribution is 6.12. The Bertz CT molecular complexity index is 3510. The van der Waals surface area contributed by atoms with Gasteiger partial charge in [0, 0.05) is 73.3 Å². The van der Waals surface area contributed by atoms with Crippen molar-refractivity contribution < 1.29 is 13.3 Å². The third-order valence-corrected chi connectivity index (χ3v) is 11.4. The minimum atomic E-state index is 0.793. The van der Waals surface area contributed by atoms with Crippen LogP contribution in [0, 0.1) is 0 Å². The van der Waals surface area contributed by atoms with Crippen LogP contribution < -0.4 is 9.80 Å². The van der Waals surface area contributed by atoms with Crippen LogP contribution in [0.25, 0.3) is 76.9 Å². The molecule has 0 saturated carbocycles. The largest absolute Gasteiger partial charge is 0.456 e. The molecule has 0 amide bonds. The first-order valence-corrected chi connectivity index (χ1v) is 19.8. The van der Waals surface area contributed by atoms with Crippen LogP contribution in [0.5, 0.6) is 0 Å². The maximum Gasteiger partial charge on any atom is 0.159 e. The summed E-state index contributed by atoms with van der Waals surface area (Å²) in [5.74, 6) is 0. The molecule has 0 spiro atoms. The number of anilines is 6. The summed E-state index contributed by atoms with van der Waals surface area (Å²) in [5.41, 5.74) is 13.3. The van der Waals surface area contributed by atoms with Crippen LogP contribution in [0.1, 0.15) is 0 Å². The summed E-state index contributed by atoms with van der Waals surface area (Å²) in [5, 5.41) is 6.47. The van der Waals surface area contributed by atoms with Crippen LogP contribution in [0.15, 0.2) is 220 Å². The Balaban J connectivity index is 1.02. The minimum Gasteiger partial charge on any atom is -0.456 e. The van der Waals surface area contributed by atoms with E-state index in [1.54, 1.807) is 0 Å². The van der Waals surface area contributed by atoms with Gasteiger partial charge in [-0.1, -0.05) is 109 Å². The lowest BCUT2D eigenvalue weighted by atomic mass is 10.0. The molecule has 0 saturated heterocycles. The number of rotatable bonds is 7. The van der Waals surface area contributed by atoms with Crippen LogP contribution >= 0.6 is 0 Å². The second-order valence-electron chi connectivity index (χ2n) is 14.9. The molecule has 0 unspecified atom stereocenters. The normalized spacial score (nSPS) is 11.7. The third-order valence-electron chi connectivity index (χ3n) is 11.4. The second-order valence-corrected chi connectivity index (χ2v) is 14.9. The molecule has 3 aromatic heterocycles. The van der Waals surface area contributed by atoms with Gasteiger partial charge in [-0.05, 0) is 90.0 Å². The zero-order chi connectivity index (χ0) is 38.9. The van der Waals surface area contributed by atoms with Crippen molar-refractivity contribution in [3.05, 3.63) is 206 Å². The van der Waals surface area contributed by atoms with Gasteiger partial charge >= 0.3 is 0 Å². The van der Waals surface area contributed by atoms with E-state index >= 15 is 0 Å². The second kappa shape index (κ2) is 13.3. The highest BCUT2D eigenvalue weighted by atomic mass is 16.3. The van der Waals surface area contributed by atoms with Gasteiger partial charge in [0.2, 0.25) is 0 Å². The van der Waals surface area contributed by atoms with Crippen LogP contribution in [0.2, 0.25) is 0 Å². The quantitative estimate of drug-likeness (QED) is 0.162. The van der Waals surface area contributed by atoms with E-state index in [2.05, 4.69) is 180 Å². The van der Waals surface area contributed by atoms with Crippen LogP contribution in [0.3, 0.4) is 0 Å². The maximum absolute atomic E-state index is 6.98. The van der Waals surface area contributed by atoms with Crippen molar-refractivity contribution in [1.29, 1.82) is 0 Å². The molecule has 59 heavy (non-hydrogen) atoms. The molecule has 12 rings (SSSR count). The van der Waals surface area contributed by atoms with Crippen LogP contribution in [0.4, 0.5) is 34.1 Å². The maximum atomic E-state index is 6.98. The van der Waals surface area contributed by atoms with Gasteiger partial charge < -0.3 is 23.1 Å². The summed E-state index contributed by atoms with van der Waals surface area (Å²) < 4.78 is 19.7. The molecular formula is C54H34N2O3. The van der Waals surface area contributed by atoms with E-state index in [9.17, 15) is 0 Å². The molecule has 0 aliphatic carbocycles. The van der Waals surface area contributed by atoms with Gasteiger partial charge in [0.15, 0.2) is 5.58 Å². The predicted molar refractivity (Wildman–Crippen MR) is 243 cm³/mol. The molecule has 5 nitrogen and oxygen atoms in total. The lowest BCUT2D eigenvalue weighted by Gasteiger charge is -2.25. The van der Waals surface area contributed by atoms with Gasteiger partial charge in [0.1, 0.15) is 27.9 Å². The number of fused-ring (bicyclic) bond motifs is 9. The van der Waals surface area contributed by atoms with E-state index in [1.807, 2.05) is 36.4 Å². The van der Waals surface area contributed by atoms with Crippen LogP contribution in [-0.4, -0.2) is 0 Å². The van der Waals surface area contributed by atoms with Crippen molar-refractivity contribution in [3.63, 3.8) is 0 Å². The third kappa shape index (κ3) is 5.47. The van der Waals surface area contributed by atoms with Gasteiger partial charge in [0.05, 0.1) is 11.4 Å². The fourth-order valence-electron chi connectivity index (χ4n) is 8.68. The predicted octanol–water partition coefficient (Wildman–Crippen LogP) is 16.0. The molecule has 0 aliphatic rings. The summed E-state index contributed by atoms with van der Waals surface area (Å²) in [6.07, 6.45) is 0. The highest BCUT2D eigenvalue weighted by Crippen LogP contribution is 2.46. The summed E-state index contributed by atoms with van der Waals surface area (Å²) in [6.45, 7) is 0. The standard InChI is InChI=1S/C54H34N2O3/c1-3-12-35(13-4-1)36-22-24-38(25-23-36)55(39-26-29-44-42-16-7-9-20-49(42)57-51(44)32-39)40-27-31-46-47-18-11-19-48(54(47)59-53(46)33-40)56(37-14-5-2-6-15-37)41-28-30-45-43-17-8-10-21-50(43)58-52(45)34-41/h1-34H. The molecule has 0 aliphatic heterocycles. The van der Waals surface area contributed by atoms with E-state index in [4.69, 9.17) is 13.3 Å². The molecule has 12 aromatic rings. The van der Waals surface area contributed by atoms with Crippen molar-refractivity contribution in [3.8, 4) is 11.1 Å². The number of nitrogens with zero attached hydrogens (tertiary/aromatic N) is 2. The number of hydrogen-bond donors (Lipinski definition) is 0. The number of para-hydroxylation sites is 4. The van der Waals surface area contributed by atoms with Crippen molar-refractivity contribution in [2.75, 3.05) is 9.80 Å². The molecule has 278 valence electrons. The van der Waals surface area contributed by atoms with E-state index in [0.29, 0.717) is 0 Å². The molecular weight excluding hydrogens is 725 g/mol. The smallest absolute Gasteiger partial charge is 0.159 e. The first-order chi connectivity index (χ1) is 29.2. The van der Waals surface area contributed by atoms with E-state index in [-0.39, 0.29) is 0 Å². The van der Waals surface area contributed by atoms with E-state index in [0.717, 1.165) is 106 Å². The topological polar surface area (TPSA) is 45.9 Å². The summed E-state index contributed by atoms with van der Waals surface area (Å²) in [4.78, 5) is 4.52. The van der Waals surface area contributed by atoms with Gasteiger partial charge in [-0.15, -0.1) is 0 Å². The minimum absolute atomic E-state index is 0.793. The molecule has 0 fully saturated rings. The molecule has 0 atom stereocenters. The average Bonchev–Trinajstić information content (AvgIpc) is 3.98. The molecule has 0 N–H and O–H groups in total. The first-order valence-electron chi connectivity index (χ1n) is 19.8. The van der Waals surface area contributed by atoms with Crippen LogP contribution in [-0.2, 0) is 0 Å². The monoisotopic (exact) mass is 758 g/mol. The lowest BCUT2D eigenvalue weighted by Crippen LogP contribution is -2.09. The number of hydrogen-bond acceptors (Lipinski definition) is 5. The molecule has 9 aromatic carbocycles. The van der Waals surface area contributed by atoms with Crippen molar-refractivity contribution in [2.45, 2.75) is 0 Å². The van der Waals surface area contributed by atoms with Gasteiger partial charge in [-0.3, -0.25) is 0 Å². The van der Waals surface area contributed by atoms with Gasteiger partial charge in [-0.2, -0.15) is 0 Å². The molecule has 3 heterocycles. The Hall–Kier alpha value is -8.02. The van der Waals surface area contributed by atoms with E-state index in [1.165, 1.54) is 5.56 Å². The Kier molecular flexibility index (Phi) is 7.47. The Labute approximate surface area is 339 Å². The first kappa shape index (κ1) is 33.2. The van der Waals surface area contributed by atoms with E-state index < -0.39 is 0 Å². The molecule has 0 bridgehead atoms. The summed E-state index contributed by atoms with van der Waals surface area (Å²) >= 11 is 0. The fraction of sp³-hybridized carbons (Fsp3) is 0. The number of benzene rings is 9. The Morgan fingerprint density at radius 1 is 0.254 bits per heavy atom. The average molecular weight is 759 g/mol. The number of furan rings is 3. The zero-order valence-corrected chi connectivity index (χ0v) is 31.7. The summed E-state index contributed by atoms with van der Waals surface area (Å²) in [6, 6.07) is 71.8. The molecule has 0 radical (unpaired) electrons. The fourth-order valence-corrected chi connectivity index (χ4v) is 8.68. The Morgan fingerprint density at radius 2 is 0.678 bits per heavy atom. The highest BCUT2D eigenvalue weighted by Gasteiger charge is 2.22. The van der Waals surface area contributed by atoms with Crippen molar-refractivity contribution in [2.24, 2.45) is 0 Å². The molecule has 5 heteroatoms. The van der Waals surface area contributed by atoms with Gasteiger partial charge in [0.25, 0.3) is 0 Å². The summed E-state index contributed by atoms with van der Waals surface area (Å²) in [7, 11) is 0. The Morgan fingerprint density at radius 3 is 1.29 bits per heavy atom. The van der Waals surface area contributed by atoms with Gasteiger partial charge in [-0.25, -0.2) is 0 Å². The SMILES string of the molecule is c1ccc(-c2ccc(N(c3ccc4c(c3)oc3ccccc34)c3ccc4c(c3)oc3c(N(c5ccccc5)c5ccc6c(c5)oc5ccccc56)cccc34)cc2)cc1. The zero-order valence-electron chi connectivity index (χ0n) is 31.7.